The highest BCUT2D eigenvalue weighted by atomic mass is 35.5. The van der Waals surface area contributed by atoms with E-state index in [1.165, 1.54) is 12.8 Å². The summed E-state index contributed by atoms with van der Waals surface area (Å²) in [4.78, 5) is 14.1. The summed E-state index contributed by atoms with van der Waals surface area (Å²) in [6.45, 7) is 2.53. The summed E-state index contributed by atoms with van der Waals surface area (Å²) in [5, 5.41) is 0.498. The number of ketones is 1. The van der Waals surface area contributed by atoms with E-state index in [9.17, 15) is 4.79 Å². The monoisotopic (exact) mass is 238 g/mol. The number of Topliss-reactive ketones (excluding diaryl/α,β-unsaturated/α-hetero) is 1. The van der Waals surface area contributed by atoms with Gasteiger partial charge in [-0.1, -0.05) is 11.6 Å². The van der Waals surface area contributed by atoms with Crippen LogP contribution in [0.4, 0.5) is 5.69 Å². The van der Waals surface area contributed by atoms with Gasteiger partial charge in [-0.2, -0.15) is 0 Å². The van der Waals surface area contributed by atoms with Crippen LogP contribution in [0.3, 0.4) is 0 Å². The average molecular weight is 239 g/mol. The van der Waals surface area contributed by atoms with Gasteiger partial charge >= 0.3 is 0 Å². The molecule has 0 spiro atoms. The molecule has 0 atom stereocenters. The summed E-state index contributed by atoms with van der Waals surface area (Å²) in [5.41, 5.74) is 6.78. The molecule has 1 aromatic rings. The zero-order valence-electron chi connectivity index (χ0n) is 9.08. The number of nitrogens with zero attached hydrogens (tertiary/aromatic N) is 1. The third-order valence-electron chi connectivity index (χ3n) is 2.88. The Morgan fingerprint density at radius 2 is 2.06 bits per heavy atom. The number of benzene rings is 1. The first-order valence-corrected chi connectivity index (χ1v) is 5.85. The van der Waals surface area contributed by atoms with Crippen molar-refractivity contribution in [1.82, 2.24) is 4.90 Å². The summed E-state index contributed by atoms with van der Waals surface area (Å²) in [7, 11) is 0. The van der Waals surface area contributed by atoms with Crippen LogP contribution in [0.15, 0.2) is 18.2 Å². The van der Waals surface area contributed by atoms with E-state index in [1.54, 1.807) is 18.2 Å². The van der Waals surface area contributed by atoms with E-state index >= 15 is 0 Å². The van der Waals surface area contributed by atoms with Gasteiger partial charge in [0.05, 0.1) is 17.3 Å². The highest BCUT2D eigenvalue weighted by Gasteiger charge is 2.16. The first-order valence-electron chi connectivity index (χ1n) is 5.47. The topological polar surface area (TPSA) is 46.3 Å². The summed E-state index contributed by atoms with van der Waals surface area (Å²) < 4.78 is 0. The standard InChI is InChI=1S/C12H15ClN2O/c13-10-4-3-9(7-11(10)14)12(16)8-15-5-1-2-6-15/h3-4,7H,1-2,5-6,8,14H2. The molecule has 4 heteroatoms. The van der Waals surface area contributed by atoms with Crippen molar-refractivity contribution in [2.75, 3.05) is 25.4 Å². The van der Waals surface area contributed by atoms with E-state index in [1.807, 2.05) is 0 Å². The van der Waals surface area contributed by atoms with Crippen molar-refractivity contribution < 1.29 is 4.79 Å². The number of nitrogens with two attached hydrogens (primary N) is 1. The molecule has 0 unspecified atom stereocenters. The maximum atomic E-state index is 11.9. The molecule has 0 aromatic heterocycles. The minimum absolute atomic E-state index is 0.116. The van der Waals surface area contributed by atoms with Gasteiger partial charge in [0, 0.05) is 5.56 Å². The largest absolute Gasteiger partial charge is 0.398 e. The fraction of sp³-hybridized carbons (Fsp3) is 0.417. The predicted octanol–water partition coefficient (Wildman–Crippen LogP) is 2.20. The van der Waals surface area contributed by atoms with Gasteiger partial charge in [-0.05, 0) is 44.1 Å². The molecule has 1 aromatic carbocycles. The third-order valence-corrected chi connectivity index (χ3v) is 3.23. The Bertz CT molecular complexity index is 400. The Balaban J connectivity index is 2.05. The van der Waals surface area contributed by atoms with Crippen LogP contribution in [0, 0.1) is 0 Å². The summed E-state index contributed by atoms with van der Waals surface area (Å²) in [6, 6.07) is 5.06. The number of nitrogen functional groups attached to an aromatic ring is 1. The second-order valence-corrected chi connectivity index (χ2v) is 4.55. The summed E-state index contributed by atoms with van der Waals surface area (Å²) in [6.07, 6.45) is 2.38. The van der Waals surface area contributed by atoms with Crippen LogP contribution in [-0.4, -0.2) is 30.3 Å². The van der Waals surface area contributed by atoms with E-state index in [-0.39, 0.29) is 5.78 Å². The van der Waals surface area contributed by atoms with Gasteiger partial charge in [0.2, 0.25) is 0 Å². The van der Waals surface area contributed by atoms with E-state index in [2.05, 4.69) is 4.90 Å². The summed E-state index contributed by atoms with van der Waals surface area (Å²) in [5.74, 6) is 0.116. The lowest BCUT2D eigenvalue weighted by atomic mass is 10.1. The molecule has 1 aliphatic rings. The van der Waals surface area contributed by atoms with Crippen molar-refractivity contribution in [3.8, 4) is 0 Å². The van der Waals surface area contributed by atoms with Crippen LogP contribution in [0.1, 0.15) is 23.2 Å². The van der Waals surface area contributed by atoms with Crippen molar-refractivity contribution >= 4 is 23.1 Å². The van der Waals surface area contributed by atoms with Crippen LogP contribution in [0.5, 0.6) is 0 Å². The molecule has 0 radical (unpaired) electrons. The molecular weight excluding hydrogens is 224 g/mol. The third kappa shape index (κ3) is 2.54. The highest BCUT2D eigenvalue weighted by Crippen LogP contribution is 2.20. The first-order chi connectivity index (χ1) is 7.66. The number of anilines is 1. The van der Waals surface area contributed by atoms with Gasteiger partial charge in [-0.25, -0.2) is 0 Å². The highest BCUT2D eigenvalue weighted by molar-refractivity contribution is 6.33. The van der Waals surface area contributed by atoms with Crippen LogP contribution in [0.25, 0.3) is 0 Å². The van der Waals surface area contributed by atoms with Crippen LogP contribution in [-0.2, 0) is 0 Å². The maximum Gasteiger partial charge on any atom is 0.176 e. The van der Waals surface area contributed by atoms with Crippen molar-refractivity contribution in [1.29, 1.82) is 0 Å². The SMILES string of the molecule is Nc1cc(C(=O)CN2CCCC2)ccc1Cl. The minimum atomic E-state index is 0.116. The fourth-order valence-electron chi connectivity index (χ4n) is 1.95. The molecule has 1 fully saturated rings. The van der Waals surface area contributed by atoms with Gasteiger partial charge in [-0.3, -0.25) is 9.69 Å². The molecular formula is C12H15ClN2O. The number of halogens is 1. The molecule has 86 valence electrons. The number of likely N-dealkylation sites (tertiary alicyclic amines) is 1. The lowest BCUT2D eigenvalue weighted by Crippen LogP contribution is -2.26. The number of carbonyl (C=O) groups excluding carboxylic acids is 1. The molecule has 0 saturated carbocycles. The molecule has 0 amide bonds. The van der Waals surface area contributed by atoms with Crippen molar-refractivity contribution in [3.63, 3.8) is 0 Å². The van der Waals surface area contributed by atoms with Crippen LogP contribution >= 0.6 is 11.6 Å². The molecule has 0 bridgehead atoms. The number of carbonyl (C=O) groups is 1. The molecule has 1 saturated heterocycles. The molecule has 2 rings (SSSR count). The lowest BCUT2D eigenvalue weighted by molar-refractivity contribution is 0.0945. The average Bonchev–Trinajstić information content (AvgIpc) is 2.74. The number of hydrogen-bond donors (Lipinski definition) is 1. The Kier molecular flexibility index (Phi) is 3.46. The van der Waals surface area contributed by atoms with Crippen molar-refractivity contribution in [2.24, 2.45) is 0 Å². The normalized spacial score (nSPS) is 16.6. The van der Waals surface area contributed by atoms with E-state index in [4.69, 9.17) is 17.3 Å². The van der Waals surface area contributed by atoms with Crippen molar-refractivity contribution in [3.05, 3.63) is 28.8 Å². The molecule has 3 nitrogen and oxygen atoms in total. The zero-order chi connectivity index (χ0) is 11.5. The summed E-state index contributed by atoms with van der Waals surface area (Å²) >= 11 is 5.81. The zero-order valence-corrected chi connectivity index (χ0v) is 9.83. The van der Waals surface area contributed by atoms with E-state index < -0.39 is 0 Å². The molecule has 1 heterocycles. The molecule has 0 aliphatic carbocycles. The van der Waals surface area contributed by atoms with Crippen LogP contribution < -0.4 is 5.73 Å². The first kappa shape index (κ1) is 11.4. The fourth-order valence-corrected chi connectivity index (χ4v) is 2.07. The van der Waals surface area contributed by atoms with Crippen molar-refractivity contribution in [2.45, 2.75) is 12.8 Å². The maximum absolute atomic E-state index is 11.9. The van der Waals surface area contributed by atoms with Gasteiger partial charge in [0.15, 0.2) is 5.78 Å². The van der Waals surface area contributed by atoms with Crippen LogP contribution in [0.2, 0.25) is 5.02 Å². The van der Waals surface area contributed by atoms with E-state index in [0.29, 0.717) is 22.8 Å². The van der Waals surface area contributed by atoms with E-state index in [0.717, 1.165) is 13.1 Å². The Morgan fingerprint density at radius 1 is 1.38 bits per heavy atom. The second kappa shape index (κ2) is 4.85. The Hall–Kier alpha value is -1.06. The quantitative estimate of drug-likeness (QED) is 0.649. The Morgan fingerprint density at radius 3 is 2.69 bits per heavy atom. The Labute approximate surface area is 100 Å². The van der Waals surface area contributed by atoms with Gasteiger partial charge < -0.3 is 5.73 Å². The van der Waals surface area contributed by atoms with Gasteiger partial charge in [0.25, 0.3) is 0 Å². The smallest absolute Gasteiger partial charge is 0.176 e. The molecule has 1 aliphatic heterocycles. The van der Waals surface area contributed by atoms with Gasteiger partial charge in [-0.15, -0.1) is 0 Å². The number of rotatable bonds is 3. The van der Waals surface area contributed by atoms with Gasteiger partial charge in [0.1, 0.15) is 0 Å². The minimum Gasteiger partial charge on any atom is -0.398 e. The number of hydrogen-bond acceptors (Lipinski definition) is 3. The second-order valence-electron chi connectivity index (χ2n) is 4.14. The predicted molar refractivity (Wildman–Crippen MR) is 65.9 cm³/mol. The lowest BCUT2D eigenvalue weighted by Gasteiger charge is -2.13. The molecule has 16 heavy (non-hydrogen) atoms. The molecule has 2 N–H and O–H groups in total.